The molecule has 1 spiro atoms. The fourth-order valence-corrected chi connectivity index (χ4v) is 6.57. The molecular formula is C22H24N2O2. The van der Waals surface area contributed by atoms with Crippen LogP contribution >= 0.6 is 0 Å². The Morgan fingerprint density at radius 3 is 1.62 bits per heavy atom. The van der Waals surface area contributed by atoms with Crippen LogP contribution in [-0.2, 0) is 20.6 Å². The number of hydrogen-bond donors (Lipinski definition) is 2. The number of hydrogen-bond acceptors (Lipinski definition) is 4. The summed E-state index contributed by atoms with van der Waals surface area (Å²) in [5.74, 6) is 0.271. The van der Waals surface area contributed by atoms with Crippen molar-refractivity contribution in [3.63, 3.8) is 0 Å². The van der Waals surface area contributed by atoms with E-state index in [1.165, 1.54) is 30.4 Å². The maximum absolute atomic E-state index is 6.59. The van der Waals surface area contributed by atoms with E-state index < -0.39 is 5.79 Å². The third kappa shape index (κ3) is 1.49. The van der Waals surface area contributed by atoms with E-state index in [1.807, 2.05) is 0 Å². The Kier molecular flexibility index (Phi) is 3.05. The lowest BCUT2D eigenvalue weighted by Crippen LogP contribution is -2.58. The van der Waals surface area contributed by atoms with Crippen molar-refractivity contribution in [1.29, 1.82) is 0 Å². The van der Waals surface area contributed by atoms with Gasteiger partial charge < -0.3 is 9.47 Å². The molecule has 2 saturated heterocycles. The smallest absolute Gasteiger partial charge is 0.217 e. The van der Waals surface area contributed by atoms with Crippen molar-refractivity contribution in [2.24, 2.45) is 11.8 Å². The van der Waals surface area contributed by atoms with Crippen LogP contribution in [0.4, 0.5) is 0 Å². The summed E-state index contributed by atoms with van der Waals surface area (Å²) in [5.41, 5.74) is 9.27. The predicted molar refractivity (Wildman–Crippen MR) is 98.0 cm³/mol. The van der Waals surface area contributed by atoms with E-state index >= 15 is 0 Å². The van der Waals surface area contributed by atoms with Gasteiger partial charge in [-0.3, -0.25) is 0 Å². The Morgan fingerprint density at radius 1 is 0.692 bits per heavy atom. The van der Waals surface area contributed by atoms with Crippen molar-refractivity contribution in [2.75, 3.05) is 13.2 Å². The first-order valence-electron chi connectivity index (χ1n) is 9.78. The van der Waals surface area contributed by atoms with Crippen LogP contribution in [0.3, 0.4) is 0 Å². The van der Waals surface area contributed by atoms with Crippen LogP contribution in [0.1, 0.15) is 30.4 Å². The van der Waals surface area contributed by atoms with E-state index in [4.69, 9.17) is 9.47 Å². The van der Waals surface area contributed by atoms with Crippen LogP contribution in [0.2, 0.25) is 0 Å². The highest BCUT2D eigenvalue weighted by Crippen LogP contribution is 2.71. The Labute approximate surface area is 153 Å². The minimum atomic E-state index is -0.710. The largest absolute Gasteiger partial charge is 0.344 e. The minimum absolute atomic E-state index is 0.359. The molecule has 6 rings (SSSR count). The molecule has 4 aliphatic rings. The van der Waals surface area contributed by atoms with E-state index in [9.17, 15) is 0 Å². The minimum Gasteiger partial charge on any atom is -0.344 e. The highest BCUT2D eigenvalue weighted by molar-refractivity contribution is 5.46. The number of hydrazine groups is 1. The summed E-state index contributed by atoms with van der Waals surface area (Å²) in [6.07, 6.45) is 3.67. The molecule has 0 aromatic heterocycles. The quantitative estimate of drug-likeness (QED) is 0.875. The second-order valence-corrected chi connectivity index (χ2v) is 8.06. The van der Waals surface area contributed by atoms with Crippen molar-refractivity contribution < 1.29 is 9.47 Å². The molecule has 2 bridgehead atoms. The van der Waals surface area contributed by atoms with Gasteiger partial charge in [0.1, 0.15) is 11.1 Å². The van der Waals surface area contributed by atoms with E-state index in [-0.39, 0.29) is 11.1 Å². The molecule has 2 heterocycles. The monoisotopic (exact) mass is 348 g/mol. The van der Waals surface area contributed by atoms with Gasteiger partial charge in [-0.15, -0.1) is 0 Å². The maximum Gasteiger partial charge on any atom is 0.217 e. The van der Waals surface area contributed by atoms with Gasteiger partial charge in [-0.25, -0.2) is 10.9 Å². The van der Waals surface area contributed by atoms with Gasteiger partial charge in [0.2, 0.25) is 5.79 Å². The first-order chi connectivity index (χ1) is 12.9. The second-order valence-electron chi connectivity index (χ2n) is 8.06. The van der Waals surface area contributed by atoms with Crippen molar-refractivity contribution in [1.82, 2.24) is 10.9 Å². The summed E-state index contributed by atoms with van der Waals surface area (Å²) < 4.78 is 13.2. The Hall–Kier alpha value is -1.72. The zero-order chi connectivity index (χ0) is 17.2. The third-order valence-electron chi connectivity index (χ3n) is 7.28. The van der Waals surface area contributed by atoms with Crippen LogP contribution in [0.25, 0.3) is 0 Å². The van der Waals surface area contributed by atoms with E-state index in [0.717, 1.165) is 0 Å². The molecular weight excluding hydrogens is 324 g/mol. The number of nitrogens with one attached hydrogen (secondary N) is 2. The fraction of sp³-hybridized carbons (Fsp3) is 0.455. The van der Waals surface area contributed by atoms with Crippen LogP contribution in [-0.4, -0.2) is 19.0 Å². The van der Waals surface area contributed by atoms with E-state index in [1.54, 1.807) is 0 Å². The van der Waals surface area contributed by atoms with Crippen molar-refractivity contribution in [3.8, 4) is 0 Å². The normalized spacial score (nSPS) is 39.5. The predicted octanol–water partition coefficient (Wildman–Crippen LogP) is 3.06. The Bertz CT molecular complexity index is 757. The molecule has 2 aliphatic carbocycles. The number of benzene rings is 2. The fourth-order valence-electron chi connectivity index (χ4n) is 6.57. The molecule has 0 amide bonds. The average Bonchev–Trinajstić information content (AvgIpc) is 3.47. The van der Waals surface area contributed by atoms with Crippen molar-refractivity contribution in [3.05, 3.63) is 71.8 Å². The lowest BCUT2D eigenvalue weighted by atomic mass is 9.75. The molecule has 4 heteroatoms. The highest BCUT2D eigenvalue weighted by atomic mass is 16.7. The van der Waals surface area contributed by atoms with Crippen molar-refractivity contribution >= 4 is 0 Å². The molecule has 2 aromatic carbocycles. The van der Waals surface area contributed by atoms with Crippen LogP contribution in [0.5, 0.6) is 0 Å². The van der Waals surface area contributed by atoms with Crippen LogP contribution < -0.4 is 10.9 Å². The Balaban J connectivity index is 1.66. The van der Waals surface area contributed by atoms with Gasteiger partial charge in [0.05, 0.1) is 13.2 Å². The molecule has 26 heavy (non-hydrogen) atoms. The van der Waals surface area contributed by atoms with Gasteiger partial charge in [0, 0.05) is 0 Å². The number of fused-ring (bicyclic) bond motifs is 3. The third-order valence-corrected chi connectivity index (χ3v) is 7.28. The molecule has 0 radical (unpaired) electrons. The Morgan fingerprint density at radius 2 is 1.15 bits per heavy atom. The zero-order valence-electron chi connectivity index (χ0n) is 14.8. The summed E-state index contributed by atoms with van der Waals surface area (Å²) >= 11 is 0. The average molecular weight is 348 g/mol. The van der Waals surface area contributed by atoms with Crippen molar-refractivity contribution in [2.45, 2.75) is 36.1 Å². The van der Waals surface area contributed by atoms with E-state index in [0.29, 0.717) is 25.0 Å². The standard InChI is InChI=1S/C22H24N2O2/c1-3-8-16(9-4-1)20-18-12-7-13-19(18)21(24-23-20,17-10-5-2-6-11-17)22(20)25-14-15-26-22/h1-6,8-11,18-19,23-24H,7,12-15H2. The summed E-state index contributed by atoms with van der Waals surface area (Å²) in [5, 5.41) is 0. The van der Waals surface area contributed by atoms with Gasteiger partial charge in [-0.05, 0) is 35.8 Å². The number of rotatable bonds is 2. The zero-order valence-corrected chi connectivity index (χ0v) is 14.8. The van der Waals surface area contributed by atoms with Gasteiger partial charge >= 0.3 is 0 Å². The van der Waals surface area contributed by atoms with E-state index in [2.05, 4.69) is 71.5 Å². The summed E-state index contributed by atoms with van der Waals surface area (Å²) in [6.45, 7) is 1.29. The molecule has 2 aliphatic heterocycles. The first kappa shape index (κ1) is 15.3. The van der Waals surface area contributed by atoms with Gasteiger partial charge in [0.15, 0.2) is 0 Å². The van der Waals surface area contributed by atoms with Crippen LogP contribution in [0, 0.1) is 11.8 Å². The van der Waals surface area contributed by atoms with Crippen LogP contribution in [0.15, 0.2) is 60.7 Å². The molecule has 2 aromatic rings. The molecule has 4 unspecified atom stereocenters. The molecule has 4 atom stereocenters. The summed E-state index contributed by atoms with van der Waals surface area (Å²) in [7, 11) is 0. The molecule has 134 valence electrons. The molecule has 4 fully saturated rings. The lowest BCUT2D eigenvalue weighted by Gasteiger charge is -2.43. The molecule has 4 nitrogen and oxygen atoms in total. The number of ether oxygens (including phenoxy) is 2. The topological polar surface area (TPSA) is 42.5 Å². The SMILES string of the molecule is c1ccc(C23NNC(c4ccccc4)(C4CCCC42)C32OCCO2)cc1. The van der Waals surface area contributed by atoms with Gasteiger partial charge in [-0.1, -0.05) is 67.1 Å². The lowest BCUT2D eigenvalue weighted by molar-refractivity contribution is -0.221. The highest BCUT2D eigenvalue weighted by Gasteiger charge is 2.84. The maximum atomic E-state index is 6.59. The van der Waals surface area contributed by atoms with Gasteiger partial charge in [-0.2, -0.15) is 0 Å². The summed E-state index contributed by atoms with van der Waals surface area (Å²) in [4.78, 5) is 0. The summed E-state index contributed by atoms with van der Waals surface area (Å²) in [6, 6.07) is 21.6. The molecule has 2 saturated carbocycles. The van der Waals surface area contributed by atoms with Gasteiger partial charge in [0.25, 0.3) is 0 Å². The first-order valence-corrected chi connectivity index (χ1v) is 9.78. The molecule has 2 N–H and O–H groups in total. The second kappa shape index (κ2) is 5.17.